The third-order valence-corrected chi connectivity index (χ3v) is 1.55. The van der Waals surface area contributed by atoms with E-state index in [0.717, 1.165) is 12.8 Å². The van der Waals surface area contributed by atoms with Crippen LogP contribution in [0.25, 0.3) is 0 Å². The second-order valence-electron chi connectivity index (χ2n) is 2.28. The van der Waals surface area contributed by atoms with E-state index >= 15 is 0 Å². The highest BCUT2D eigenvalue weighted by Crippen LogP contribution is 2.09. The van der Waals surface area contributed by atoms with Gasteiger partial charge in [0, 0.05) is 12.5 Å². The largest absolute Gasteiger partial charge is 0.381 e. The zero-order valence-corrected chi connectivity index (χ0v) is 7.11. The van der Waals surface area contributed by atoms with Gasteiger partial charge in [0.05, 0.1) is 6.10 Å². The fraction of sp³-hybridized carbons (Fsp3) is 1.00. The van der Waals surface area contributed by atoms with Crippen LogP contribution in [0.2, 0.25) is 0 Å². The van der Waals surface area contributed by atoms with Crippen LogP contribution < -0.4 is 0 Å². The molecule has 0 rings (SSSR count). The number of ether oxygens (including phenoxy) is 1. The first-order chi connectivity index (χ1) is 4.20. The van der Waals surface area contributed by atoms with Crippen molar-refractivity contribution in [3.8, 4) is 0 Å². The van der Waals surface area contributed by atoms with E-state index in [0.29, 0.717) is 6.10 Å². The van der Waals surface area contributed by atoms with Crippen molar-refractivity contribution in [3.63, 3.8) is 0 Å². The molecule has 9 heavy (non-hydrogen) atoms. The van der Waals surface area contributed by atoms with Gasteiger partial charge in [0.2, 0.25) is 0 Å². The molecule has 0 aromatic heterocycles. The first-order valence-electron chi connectivity index (χ1n) is 3.37. The molecule has 0 aromatic carbocycles. The SMILES string of the molecule is CCC(CC(C)Cl)OC. The molecule has 0 bridgehead atoms. The third-order valence-electron chi connectivity index (χ3n) is 1.38. The summed E-state index contributed by atoms with van der Waals surface area (Å²) in [5.41, 5.74) is 0. The number of rotatable bonds is 4. The summed E-state index contributed by atoms with van der Waals surface area (Å²) >= 11 is 5.75. The summed E-state index contributed by atoms with van der Waals surface area (Å²) in [5.74, 6) is 0. The summed E-state index contributed by atoms with van der Waals surface area (Å²) in [6, 6.07) is 0. The maximum Gasteiger partial charge on any atom is 0.0582 e. The Morgan fingerprint density at radius 3 is 2.22 bits per heavy atom. The van der Waals surface area contributed by atoms with Crippen LogP contribution in [0.3, 0.4) is 0 Å². The smallest absolute Gasteiger partial charge is 0.0582 e. The average Bonchev–Trinajstić information content (AvgIpc) is 1.82. The molecule has 0 radical (unpaired) electrons. The van der Waals surface area contributed by atoms with E-state index in [1.165, 1.54) is 0 Å². The van der Waals surface area contributed by atoms with Gasteiger partial charge in [0.15, 0.2) is 0 Å². The first-order valence-corrected chi connectivity index (χ1v) is 3.81. The number of alkyl halides is 1. The van der Waals surface area contributed by atoms with E-state index in [2.05, 4.69) is 6.92 Å². The standard InChI is InChI=1S/C7H15ClO/c1-4-7(9-3)5-6(2)8/h6-7H,4-5H2,1-3H3. The summed E-state index contributed by atoms with van der Waals surface area (Å²) in [6.07, 6.45) is 2.35. The summed E-state index contributed by atoms with van der Waals surface area (Å²) in [4.78, 5) is 0. The van der Waals surface area contributed by atoms with Crippen molar-refractivity contribution in [1.82, 2.24) is 0 Å². The van der Waals surface area contributed by atoms with E-state index in [4.69, 9.17) is 16.3 Å². The van der Waals surface area contributed by atoms with Crippen LogP contribution in [0.1, 0.15) is 26.7 Å². The topological polar surface area (TPSA) is 9.23 Å². The molecule has 2 atom stereocenters. The van der Waals surface area contributed by atoms with Gasteiger partial charge in [-0.3, -0.25) is 0 Å². The molecule has 0 heterocycles. The average molecular weight is 151 g/mol. The van der Waals surface area contributed by atoms with Gasteiger partial charge in [-0.1, -0.05) is 6.92 Å². The zero-order valence-electron chi connectivity index (χ0n) is 6.36. The van der Waals surface area contributed by atoms with Gasteiger partial charge in [-0.15, -0.1) is 11.6 Å². The lowest BCUT2D eigenvalue weighted by atomic mass is 10.1. The monoisotopic (exact) mass is 150 g/mol. The molecule has 0 aromatic rings. The second-order valence-corrected chi connectivity index (χ2v) is 3.03. The normalized spacial score (nSPS) is 17.3. The molecule has 0 fully saturated rings. The lowest BCUT2D eigenvalue weighted by Crippen LogP contribution is -2.12. The Bertz CT molecular complexity index is 59.9. The lowest BCUT2D eigenvalue weighted by molar-refractivity contribution is 0.0923. The van der Waals surface area contributed by atoms with E-state index in [-0.39, 0.29) is 5.38 Å². The minimum absolute atomic E-state index is 0.231. The Morgan fingerprint density at radius 1 is 1.56 bits per heavy atom. The van der Waals surface area contributed by atoms with Crippen LogP contribution in [0.4, 0.5) is 0 Å². The van der Waals surface area contributed by atoms with Crippen LogP contribution >= 0.6 is 11.6 Å². The molecule has 0 spiro atoms. The summed E-state index contributed by atoms with van der Waals surface area (Å²) in [7, 11) is 1.73. The number of hydrogen-bond donors (Lipinski definition) is 0. The third kappa shape index (κ3) is 4.73. The highest BCUT2D eigenvalue weighted by atomic mass is 35.5. The molecule has 0 aliphatic rings. The van der Waals surface area contributed by atoms with Crippen molar-refractivity contribution in [2.45, 2.75) is 38.2 Å². The molecule has 2 heteroatoms. The molecule has 0 N–H and O–H groups in total. The quantitative estimate of drug-likeness (QED) is 0.560. The van der Waals surface area contributed by atoms with Crippen molar-refractivity contribution in [3.05, 3.63) is 0 Å². The van der Waals surface area contributed by atoms with Gasteiger partial charge >= 0.3 is 0 Å². The Kier molecular flexibility index (Phi) is 5.21. The minimum Gasteiger partial charge on any atom is -0.381 e. The van der Waals surface area contributed by atoms with E-state index in [9.17, 15) is 0 Å². The molecule has 56 valence electrons. The van der Waals surface area contributed by atoms with Crippen LogP contribution in [0, 0.1) is 0 Å². The lowest BCUT2D eigenvalue weighted by Gasteiger charge is -2.13. The number of halogens is 1. The zero-order chi connectivity index (χ0) is 7.28. The fourth-order valence-electron chi connectivity index (χ4n) is 0.792. The highest BCUT2D eigenvalue weighted by Gasteiger charge is 2.06. The van der Waals surface area contributed by atoms with Crippen molar-refractivity contribution in [2.24, 2.45) is 0 Å². The van der Waals surface area contributed by atoms with Crippen molar-refractivity contribution >= 4 is 11.6 Å². The molecule has 2 unspecified atom stereocenters. The molecule has 0 saturated heterocycles. The Labute approximate surface area is 62.3 Å². The van der Waals surface area contributed by atoms with Crippen LogP contribution in [-0.4, -0.2) is 18.6 Å². The molecule has 0 amide bonds. The highest BCUT2D eigenvalue weighted by molar-refractivity contribution is 6.20. The molecule has 0 saturated carbocycles. The summed E-state index contributed by atoms with van der Waals surface area (Å²) in [6.45, 7) is 4.09. The van der Waals surface area contributed by atoms with Crippen molar-refractivity contribution in [2.75, 3.05) is 7.11 Å². The van der Waals surface area contributed by atoms with Gasteiger partial charge in [-0.05, 0) is 19.8 Å². The number of methoxy groups -OCH3 is 1. The van der Waals surface area contributed by atoms with Crippen LogP contribution in [0.15, 0.2) is 0 Å². The minimum atomic E-state index is 0.231. The van der Waals surface area contributed by atoms with Gasteiger partial charge in [0.1, 0.15) is 0 Å². The maximum absolute atomic E-state index is 5.75. The van der Waals surface area contributed by atoms with Crippen molar-refractivity contribution < 1.29 is 4.74 Å². The number of hydrogen-bond acceptors (Lipinski definition) is 1. The van der Waals surface area contributed by atoms with E-state index < -0.39 is 0 Å². The Morgan fingerprint density at radius 2 is 2.11 bits per heavy atom. The molecule has 1 nitrogen and oxygen atoms in total. The maximum atomic E-state index is 5.75. The van der Waals surface area contributed by atoms with E-state index in [1.54, 1.807) is 7.11 Å². The van der Waals surface area contributed by atoms with Gasteiger partial charge in [-0.25, -0.2) is 0 Å². The Balaban J connectivity index is 3.31. The predicted octanol–water partition coefficient (Wildman–Crippen LogP) is 2.43. The summed E-state index contributed by atoms with van der Waals surface area (Å²) < 4.78 is 5.13. The van der Waals surface area contributed by atoms with Gasteiger partial charge in [0.25, 0.3) is 0 Å². The van der Waals surface area contributed by atoms with Crippen LogP contribution in [0.5, 0.6) is 0 Å². The second kappa shape index (κ2) is 5.07. The fourth-order valence-corrected chi connectivity index (χ4v) is 0.991. The van der Waals surface area contributed by atoms with Gasteiger partial charge in [-0.2, -0.15) is 0 Å². The predicted molar refractivity (Wildman–Crippen MR) is 41.0 cm³/mol. The van der Waals surface area contributed by atoms with Crippen LogP contribution in [-0.2, 0) is 4.74 Å². The first kappa shape index (κ1) is 9.25. The molecular weight excluding hydrogens is 136 g/mol. The summed E-state index contributed by atoms with van der Waals surface area (Å²) in [5, 5.41) is 0.231. The van der Waals surface area contributed by atoms with Gasteiger partial charge < -0.3 is 4.74 Å². The molecule has 0 aliphatic carbocycles. The molecular formula is C7H15ClO. The van der Waals surface area contributed by atoms with E-state index in [1.807, 2.05) is 6.92 Å². The van der Waals surface area contributed by atoms with Crippen molar-refractivity contribution in [1.29, 1.82) is 0 Å². The molecule has 0 aliphatic heterocycles. The Hall–Kier alpha value is 0.250.